The second kappa shape index (κ2) is 19.9. The summed E-state index contributed by atoms with van der Waals surface area (Å²) < 4.78 is 285. The van der Waals surface area contributed by atoms with E-state index in [1.807, 2.05) is 17.8 Å². The lowest BCUT2D eigenvalue weighted by Crippen LogP contribution is -2.07. The molecule has 0 atom stereocenters. The standard InChI is InChI=1S/C53H19F17N4O3/c1-4-15-75-51-45(65)36(56)31(37(57)46(51)66)27-20-9-7-18(71-20)26(30-34(54)42(62)44(64)43(63)35(30)55)19-8-10-21(72-19)28(32-38(58)47(67)52(76-16-5-2)48(68)39(32)59)23-12-14-25(74-23)29(24-13-11-22(27)73-24)33-40(60)49(69)53(77-17-6-3)50(70)41(33)61/h1-3,7-14,71,74H,15-17H2. The first kappa shape index (κ1) is 52.2. The Morgan fingerprint density at radius 2 is 0.494 bits per heavy atom. The molecular weight excluding hydrogens is 1060 g/mol. The van der Waals surface area contributed by atoms with Crippen LogP contribution in [0.15, 0.2) is 24.3 Å². The molecule has 0 fully saturated rings. The molecule has 2 aliphatic heterocycles. The molecule has 77 heavy (non-hydrogen) atoms. The molecule has 7 aromatic rings. The summed E-state index contributed by atoms with van der Waals surface area (Å²) in [6.07, 6.45) is 18.0. The van der Waals surface area contributed by atoms with Crippen molar-refractivity contribution in [3.8, 4) is 98.8 Å². The second-order valence-electron chi connectivity index (χ2n) is 15.8. The fraction of sp³-hybridized carbons (Fsp3) is 0.0566. The monoisotopic (exact) mass is 1080 g/mol. The molecule has 2 N–H and O–H groups in total. The molecule has 0 unspecified atom stereocenters. The molecular formula is C53H19F17N4O3. The van der Waals surface area contributed by atoms with E-state index in [9.17, 15) is 4.39 Å². The first-order chi connectivity index (χ1) is 36.7. The van der Waals surface area contributed by atoms with Gasteiger partial charge in [-0.25, -0.2) is 58.3 Å². The lowest BCUT2D eigenvalue weighted by molar-refractivity contribution is 0.307. The molecule has 0 saturated heterocycles. The van der Waals surface area contributed by atoms with Gasteiger partial charge in [0.25, 0.3) is 0 Å². The molecule has 0 amide bonds. The highest BCUT2D eigenvalue weighted by Crippen LogP contribution is 2.46. The third-order valence-corrected chi connectivity index (χ3v) is 11.5. The van der Waals surface area contributed by atoms with Crippen LogP contribution in [0, 0.1) is 136 Å². The summed E-state index contributed by atoms with van der Waals surface area (Å²) in [7, 11) is 0. The zero-order valence-corrected chi connectivity index (χ0v) is 37.5. The van der Waals surface area contributed by atoms with Gasteiger partial charge in [-0.2, -0.15) is 26.3 Å². The zero-order chi connectivity index (χ0) is 55.6. The Morgan fingerprint density at radius 3 is 0.701 bits per heavy atom. The van der Waals surface area contributed by atoms with E-state index in [2.05, 4.69) is 34.1 Å². The zero-order valence-electron chi connectivity index (χ0n) is 37.5. The van der Waals surface area contributed by atoms with Gasteiger partial charge in [-0.1, -0.05) is 17.8 Å². The van der Waals surface area contributed by atoms with Gasteiger partial charge in [0.05, 0.1) is 45.0 Å². The van der Waals surface area contributed by atoms with E-state index in [4.69, 9.17) is 19.3 Å². The first-order valence-electron chi connectivity index (χ1n) is 21.2. The third kappa shape index (κ3) is 8.27. The molecule has 9 rings (SSSR count). The molecule has 24 heteroatoms. The number of nitrogens with zero attached hydrogens (tertiary/aromatic N) is 2. The van der Waals surface area contributed by atoms with Crippen LogP contribution in [0.3, 0.4) is 0 Å². The van der Waals surface area contributed by atoms with Crippen LogP contribution in [0.2, 0.25) is 0 Å². The van der Waals surface area contributed by atoms with Gasteiger partial charge in [0.2, 0.25) is 40.7 Å². The van der Waals surface area contributed by atoms with Crippen LogP contribution < -0.4 is 14.2 Å². The van der Waals surface area contributed by atoms with Crippen molar-refractivity contribution in [3.05, 3.63) is 146 Å². The van der Waals surface area contributed by atoms with Gasteiger partial charge in [0.1, 0.15) is 19.8 Å². The van der Waals surface area contributed by atoms with Crippen LogP contribution in [-0.2, 0) is 0 Å². The molecule has 0 aliphatic carbocycles. The summed E-state index contributed by atoms with van der Waals surface area (Å²) >= 11 is 0. The molecule has 0 saturated carbocycles. The smallest absolute Gasteiger partial charge is 0.204 e. The van der Waals surface area contributed by atoms with Crippen LogP contribution in [0.4, 0.5) is 74.6 Å². The number of terminal acetylenes is 3. The lowest BCUT2D eigenvalue weighted by atomic mass is 10.0. The van der Waals surface area contributed by atoms with E-state index in [1.165, 1.54) is 0 Å². The van der Waals surface area contributed by atoms with Gasteiger partial charge in [-0.05, 0) is 48.6 Å². The summed E-state index contributed by atoms with van der Waals surface area (Å²) in [4.78, 5) is 13.0. The minimum absolute atomic E-state index is 0.685. The Kier molecular flexibility index (Phi) is 13.5. The molecule has 7 nitrogen and oxygen atoms in total. The maximum Gasteiger partial charge on any atom is 0.204 e. The van der Waals surface area contributed by atoms with Gasteiger partial charge >= 0.3 is 0 Å². The van der Waals surface area contributed by atoms with Crippen molar-refractivity contribution in [2.75, 3.05) is 19.8 Å². The highest BCUT2D eigenvalue weighted by atomic mass is 19.2. The van der Waals surface area contributed by atoms with Gasteiger partial charge in [-0.3, -0.25) is 0 Å². The number of aromatic nitrogens is 4. The van der Waals surface area contributed by atoms with Crippen molar-refractivity contribution >= 4 is 46.4 Å². The van der Waals surface area contributed by atoms with Crippen LogP contribution in [0.5, 0.6) is 17.2 Å². The molecule has 8 bridgehead atoms. The number of hydrogen-bond acceptors (Lipinski definition) is 5. The van der Waals surface area contributed by atoms with Crippen LogP contribution in [0.1, 0.15) is 22.8 Å². The van der Waals surface area contributed by atoms with Crippen molar-refractivity contribution in [1.82, 2.24) is 19.9 Å². The number of hydrogen-bond donors (Lipinski definition) is 2. The van der Waals surface area contributed by atoms with Crippen molar-refractivity contribution in [3.63, 3.8) is 0 Å². The highest BCUT2D eigenvalue weighted by Gasteiger charge is 2.36. The number of benzene rings is 4. The van der Waals surface area contributed by atoms with E-state index in [0.717, 1.165) is 24.3 Å². The average Bonchev–Trinajstić information content (AvgIpc) is 4.29. The molecule has 388 valence electrons. The minimum atomic E-state index is -2.68. The SMILES string of the molecule is C#CCOc1c(F)c(F)c(-c2c3nc(c(-c4c(F)c(F)c(OCC#C)c(F)c4F)c4ccc([nH]4)c(-c4c(F)c(F)c(OCC#C)c(F)c4F)c4nc(c(-c5c(F)c(F)c(F)c(F)c5F)c5ccc2[nH]5)C=C4)C=C3)c(F)c1F. The maximum atomic E-state index is 16.5. The number of aromatic amines is 2. The predicted molar refractivity (Wildman–Crippen MR) is 243 cm³/mol. The van der Waals surface area contributed by atoms with E-state index >= 15 is 70.2 Å². The van der Waals surface area contributed by atoms with Crippen molar-refractivity contribution in [2.24, 2.45) is 0 Å². The number of ether oxygens (including phenoxy) is 3. The highest BCUT2D eigenvalue weighted by molar-refractivity contribution is 6.00. The topological polar surface area (TPSA) is 85.1 Å². The normalized spacial score (nSPS) is 11.7. The van der Waals surface area contributed by atoms with Gasteiger partial charge < -0.3 is 24.2 Å². The first-order valence-corrected chi connectivity index (χ1v) is 21.2. The van der Waals surface area contributed by atoms with E-state index in [1.54, 1.807) is 0 Å². The van der Waals surface area contributed by atoms with E-state index in [-0.39, 0.29) is 0 Å². The average molecular weight is 1080 g/mol. The van der Waals surface area contributed by atoms with Crippen LogP contribution in [-0.4, -0.2) is 39.8 Å². The summed E-state index contributed by atoms with van der Waals surface area (Å²) in [6, 6.07) is 2.93. The molecule has 0 spiro atoms. The Hall–Kier alpha value is -9.63. The van der Waals surface area contributed by atoms with E-state index < -0.39 is 225 Å². The fourth-order valence-electron chi connectivity index (χ4n) is 8.30. The van der Waals surface area contributed by atoms with Crippen LogP contribution in [0.25, 0.3) is 90.9 Å². The minimum Gasteiger partial charge on any atom is -0.475 e. The molecule has 3 aromatic heterocycles. The predicted octanol–water partition coefficient (Wildman–Crippen LogP) is 13.7. The second-order valence-corrected chi connectivity index (χ2v) is 15.8. The van der Waals surface area contributed by atoms with Gasteiger partial charge in [0.15, 0.2) is 75.4 Å². The molecule has 0 radical (unpaired) electrons. The number of rotatable bonds is 10. The van der Waals surface area contributed by atoms with Crippen LogP contribution >= 0.6 is 0 Å². The molecule has 4 aromatic carbocycles. The summed E-state index contributed by atoms with van der Waals surface area (Å²) in [5, 5.41) is 0. The maximum absolute atomic E-state index is 16.5. The Balaban J connectivity index is 1.56. The number of nitrogens with one attached hydrogen (secondary N) is 2. The molecule has 5 heterocycles. The summed E-state index contributed by atoms with van der Waals surface area (Å²) in [6.45, 7) is -2.87. The molecule has 2 aliphatic rings. The fourth-order valence-corrected chi connectivity index (χ4v) is 8.30. The summed E-state index contributed by atoms with van der Waals surface area (Å²) in [5.74, 6) is -39.8. The Morgan fingerprint density at radius 1 is 0.299 bits per heavy atom. The van der Waals surface area contributed by atoms with Crippen molar-refractivity contribution < 1.29 is 88.8 Å². The summed E-state index contributed by atoms with van der Waals surface area (Å²) in [5.41, 5.74) is -18.7. The largest absolute Gasteiger partial charge is 0.475 e. The quantitative estimate of drug-likeness (QED) is 0.0617. The van der Waals surface area contributed by atoms with Crippen molar-refractivity contribution in [2.45, 2.75) is 0 Å². The van der Waals surface area contributed by atoms with Gasteiger partial charge in [0, 0.05) is 44.3 Å². The lowest BCUT2D eigenvalue weighted by Gasteiger charge is -2.14. The van der Waals surface area contributed by atoms with E-state index in [0.29, 0.717) is 24.3 Å². The third-order valence-electron chi connectivity index (χ3n) is 11.5. The number of fused-ring (bicyclic) bond motifs is 8. The van der Waals surface area contributed by atoms with Crippen molar-refractivity contribution in [1.29, 1.82) is 0 Å². The number of halogens is 17. The Bertz CT molecular complexity index is 3940. The Labute approximate surface area is 418 Å². The van der Waals surface area contributed by atoms with Gasteiger partial charge in [-0.15, -0.1) is 19.3 Å². The number of H-pyrrole nitrogens is 2.